The molecule has 0 saturated carbocycles. The first-order chi connectivity index (χ1) is 8.09. The van der Waals surface area contributed by atoms with Gasteiger partial charge in [-0.15, -0.1) is 0 Å². The molecule has 2 heterocycles. The number of carbonyl (C=O) groups excluding carboxylic acids is 1. The molecule has 2 aliphatic rings. The van der Waals surface area contributed by atoms with Crippen LogP contribution in [0.15, 0.2) is 0 Å². The highest BCUT2D eigenvalue weighted by Gasteiger charge is 2.41. The van der Waals surface area contributed by atoms with Crippen LogP contribution in [0.1, 0.15) is 25.7 Å². The van der Waals surface area contributed by atoms with Crippen molar-refractivity contribution in [3.63, 3.8) is 0 Å². The van der Waals surface area contributed by atoms with Gasteiger partial charge in [0.05, 0.1) is 12.1 Å². The predicted molar refractivity (Wildman–Crippen MR) is 59.4 cm³/mol. The van der Waals surface area contributed by atoms with E-state index in [1.807, 2.05) is 0 Å². The summed E-state index contributed by atoms with van der Waals surface area (Å²) in [6.07, 6.45) is 2.20. The second-order valence-corrected chi connectivity index (χ2v) is 4.74. The number of piperidine rings is 1. The number of rotatable bonds is 2. The van der Waals surface area contributed by atoms with Crippen molar-refractivity contribution in [3.8, 4) is 0 Å². The topological polar surface area (TPSA) is 89.9 Å². The lowest BCUT2D eigenvalue weighted by Gasteiger charge is -2.29. The normalized spacial score (nSPS) is 33.7. The van der Waals surface area contributed by atoms with E-state index in [1.165, 1.54) is 4.90 Å². The van der Waals surface area contributed by atoms with Crippen LogP contribution in [-0.2, 0) is 9.59 Å². The number of carbonyl (C=O) groups is 2. The Bertz CT molecular complexity index is 315. The number of hydrogen-bond donors (Lipinski definition) is 3. The average molecular weight is 242 g/mol. The monoisotopic (exact) mass is 242 g/mol. The van der Waals surface area contributed by atoms with E-state index in [1.54, 1.807) is 0 Å². The van der Waals surface area contributed by atoms with Crippen molar-refractivity contribution in [1.82, 2.24) is 10.2 Å². The number of hydrogen-bond acceptors (Lipinski definition) is 4. The van der Waals surface area contributed by atoms with Crippen LogP contribution < -0.4 is 5.32 Å². The van der Waals surface area contributed by atoms with Crippen LogP contribution in [0.5, 0.6) is 0 Å². The van der Waals surface area contributed by atoms with Gasteiger partial charge in [-0.3, -0.25) is 4.79 Å². The molecule has 0 spiro atoms. The second-order valence-electron chi connectivity index (χ2n) is 4.74. The number of carboxylic acid groups (broad SMARTS) is 1. The van der Waals surface area contributed by atoms with Crippen molar-refractivity contribution in [2.75, 3.05) is 13.1 Å². The quantitative estimate of drug-likeness (QED) is 0.588. The Morgan fingerprint density at radius 3 is 2.65 bits per heavy atom. The van der Waals surface area contributed by atoms with Crippen molar-refractivity contribution in [1.29, 1.82) is 0 Å². The lowest BCUT2D eigenvalue weighted by molar-refractivity contribution is -0.149. The molecule has 1 amide bonds. The number of likely N-dealkylation sites (tertiary alicyclic amines) is 1. The van der Waals surface area contributed by atoms with E-state index in [0.717, 1.165) is 25.8 Å². The zero-order valence-corrected chi connectivity index (χ0v) is 9.63. The minimum atomic E-state index is -1.04. The van der Waals surface area contributed by atoms with Crippen molar-refractivity contribution < 1.29 is 19.8 Å². The minimum absolute atomic E-state index is 0.133. The molecule has 2 saturated heterocycles. The van der Waals surface area contributed by atoms with Crippen LogP contribution in [0.4, 0.5) is 0 Å². The van der Waals surface area contributed by atoms with Gasteiger partial charge in [0, 0.05) is 13.0 Å². The van der Waals surface area contributed by atoms with E-state index in [0.29, 0.717) is 0 Å². The van der Waals surface area contributed by atoms with Crippen LogP contribution >= 0.6 is 0 Å². The highest BCUT2D eigenvalue weighted by atomic mass is 16.4. The number of amides is 1. The van der Waals surface area contributed by atoms with Crippen molar-refractivity contribution >= 4 is 11.9 Å². The fourth-order valence-corrected chi connectivity index (χ4v) is 2.55. The maximum atomic E-state index is 12.1. The molecule has 6 heteroatoms. The first kappa shape index (κ1) is 12.3. The Labute approximate surface area is 99.6 Å². The third-order valence-corrected chi connectivity index (χ3v) is 3.46. The summed E-state index contributed by atoms with van der Waals surface area (Å²) in [6, 6.07) is -1.16. The number of carboxylic acids is 1. The molecule has 2 aliphatic heterocycles. The highest BCUT2D eigenvalue weighted by molar-refractivity contribution is 5.87. The third-order valence-electron chi connectivity index (χ3n) is 3.46. The molecule has 3 atom stereocenters. The molecule has 96 valence electrons. The van der Waals surface area contributed by atoms with Gasteiger partial charge in [0.25, 0.3) is 0 Å². The van der Waals surface area contributed by atoms with Gasteiger partial charge >= 0.3 is 5.97 Å². The Morgan fingerprint density at radius 1 is 1.29 bits per heavy atom. The summed E-state index contributed by atoms with van der Waals surface area (Å²) < 4.78 is 0. The van der Waals surface area contributed by atoms with Crippen LogP contribution in [0, 0.1) is 0 Å². The molecule has 2 fully saturated rings. The van der Waals surface area contributed by atoms with Gasteiger partial charge in [0.1, 0.15) is 6.04 Å². The van der Waals surface area contributed by atoms with Gasteiger partial charge < -0.3 is 20.4 Å². The van der Waals surface area contributed by atoms with E-state index >= 15 is 0 Å². The largest absolute Gasteiger partial charge is 0.480 e. The number of aliphatic hydroxyl groups is 1. The minimum Gasteiger partial charge on any atom is -0.480 e. The molecule has 0 radical (unpaired) electrons. The van der Waals surface area contributed by atoms with E-state index in [9.17, 15) is 14.7 Å². The maximum absolute atomic E-state index is 12.1. The Morgan fingerprint density at radius 2 is 2.06 bits per heavy atom. The summed E-state index contributed by atoms with van der Waals surface area (Å²) in [5.74, 6) is -1.22. The van der Waals surface area contributed by atoms with E-state index in [4.69, 9.17) is 5.11 Å². The summed E-state index contributed by atoms with van der Waals surface area (Å²) in [7, 11) is 0. The number of aliphatic carboxylic acids is 1. The molecule has 17 heavy (non-hydrogen) atoms. The molecule has 3 N–H and O–H groups in total. The predicted octanol–water partition coefficient (Wildman–Crippen LogP) is -0.825. The molecule has 0 aromatic heterocycles. The van der Waals surface area contributed by atoms with Gasteiger partial charge in [-0.2, -0.15) is 0 Å². The van der Waals surface area contributed by atoms with Gasteiger partial charge in [-0.1, -0.05) is 6.42 Å². The van der Waals surface area contributed by atoms with E-state index in [2.05, 4.69) is 5.32 Å². The Balaban J connectivity index is 2.04. The standard InChI is InChI=1S/C11H18N2O4/c14-7-5-9(11(16)17)13(6-7)10(15)8-3-1-2-4-12-8/h7-9,12,14H,1-6H2,(H,16,17)/t7?,8-,9+/m1/s1. The molecule has 0 aliphatic carbocycles. The Hall–Kier alpha value is -1.14. The van der Waals surface area contributed by atoms with E-state index in [-0.39, 0.29) is 24.9 Å². The first-order valence-electron chi connectivity index (χ1n) is 6.04. The zero-order chi connectivity index (χ0) is 12.4. The summed E-state index contributed by atoms with van der Waals surface area (Å²) >= 11 is 0. The first-order valence-corrected chi connectivity index (χ1v) is 6.04. The number of nitrogens with one attached hydrogen (secondary N) is 1. The van der Waals surface area contributed by atoms with Crippen LogP contribution in [-0.4, -0.2) is 58.3 Å². The molecule has 2 rings (SSSR count). The maximum Gasteiger partial charge on any atom is 0.326 e. The van der Waals surface area contributed by atoms with Gasteiger partial charge in [-0.05, 0) is 19.4 Å². The van der Waals surface area contributed by atoms with Gasteiger partial charge in [0.15, 0.2) is 0 Å². The molecule has 0 bridgehead atoms. The average Bonchev–Trinajstić information content (AvgIpc) is 2.72. The summed E-state index contributed by atoms with van der Waals surface area (Å²) in [5.41, 5.74) is 0. The third kappa shape index (κ3) is 2.58. The number of β-amino-alcohol motifs (C(OH)–C–C–N with tert-alkyl or cyclic N) is 1. The smallest absolute Gasteiger partial charge is 0.326 e. The SMILES string of the molecule is O=C(O)[C@@H]1CC(O)CN1C(=O)[C@H]1CCCCN1. The van der Waals surface area contributed by atoms with Crippen molar-refractivity contribution in [2.45, 2.75) is 43.9 Å². The van der Waals surface area contributed by atoms with E-state index < -0.39 is 18.1 Å². The summed E-state index contributed by atoms with van der Waals surface area (Å²) in [5, 5.41) is 21.6. The van der Waals surface area contributed by atoms with Crippen molar-refractivity contribution in [3.05, 3.63) is 0 Å². The molecule has 1 unspecified atom stereocenters. The van der Waals surface area contributed by atoms with Crippen LogP contribution in [0.25, 0.3) is 0 Å². The molecular weight excluding hydrogens is 224 g/mol. The molecule has 6 nitrogen and oxygen atoms in total. The fourth-order valence-electron chi connectivity index (χ4n) is 2.55. The highest BCUT2D eigenvalue weighted by Crippen LogP contribution is 2.21. The molecular formula is C11H18N2O4. The Kier molecular flexibility index (Phi) is 3.63. The second kappa shape index (κ2) is 5.01. The number of aliphatic hydroxyl groups excluding tert-OH is 1. The lowest BCUT2D eigenvalue weighted by Crippen LogP contribution is -2.51. The van der Waals surface area contributed by atoms with Gasteiger partial charge in [0.2, 0.25) is 5.91 Å². The fraction of sp³-hybridized carbons (Fsp3) is 0.818. The molecule has 0 aromatic carbocycles. The summed E-state index contributed by atoms with van der Waals surface area (Å²) in [6.45, 7) is 0.929. The van der Waals surface area contributed by atoms with Crippen molar-refractivity contribution in [2.24, 2.45) is 0 Å². The number of nitrogens with zero attached hydrogens (tertiary/aromatic N) is 1. The molecule has 0 aromatic rings. The van der Waals surface area contributed by atoms with Crippen LogP contribution in [0.3, 0.4) is 0 Å². The summed E-state index contributed by atoms with van der Waals surface area (Å²) in [4.78, 5) is 24.5. The zero-order valence-electron chi connectivity index (χ0n) is 9.63. The van der Waals surface area contributed by atoms with Gasteiger partial charge in [-0.25, -0.2) is 4.79 Å². The van der Waals surface area contributed by atoms with Crippen LogP contribution in [0.2, 0.25) is 0 Å². The lowest BCUT2D eigenvalue weighted by atomic mass is 10.0.